The third kappa shape index (κ3) is 2.96. The van der Waals surface area contributed by atoms with Gasteiger partial charge in [0, 0.05) is 11.6 Å². The van der Waals surface area contributed by atoms with Crippen LogP contribution in [0.5, 0.6) is 0 Å². The standard InChI is InChI=1S/C11H14ClFO/c1-8-6-10(12)9(7-11(8)13)4-2-3-5-14/h6-7,14H,2-5H2,1H3. The van der Waals surface area contributed by atoms with Gasteiger partial charge in [-0.2, -0.15) is 0 Å². The van der Waals surface area contributed by atoms with Crippen LogP contribution in [-0.2, 0) is 6.42 Å². The van der Waals surface area contributed by atoms with Gasteiger partial charge in [0.05, 0.1) is 0 Å². The molecule has 0 radical (unpaired) electrons. The molecule has 1 aromatic rings. The molecule has 0 aliphatic carbocycles. The lowest BCUT2D eigenvalue weighted by molar-refractivity contribution is 0.284. The topological polar surface area (TPSA) is 20.2 Å². The number of hydrogen-bond donors (Lipinski definition) is 1. The Bertz CT molecular complexity index is 312. The van der Waals surface area contributed by atoms with Crippen LogP contribution in [0.1, 0.15) is 24.0 Å². The summed E-state index contributed by atoms with van der Waals surface area (Å²) in [4.78, 5) is 0. The van der Waals surface area contributed by atoms with Gasteiger partial charge in [-0.05, 0) is 49.4 Å². The number of aliphatic hydroxyl groups is 1. The lowest BCUT2D eigenvalue weighted by Gasteiger charge is -2.05. The van der Waals surface area contributed by atoms with Crippen molar-refractivity contribution >= 4 is 11.6 Å². The van der Waals surface area contributed by atoms with E-state index in [0.717, 1.165) is 24.8 Å². The second kappa shape index (κ2) is 5.32. The minimum Gasteiger partial charge on any atom is -0.396 e. The van der Waals surface area contributed by atoms with Crippen LogP contribution >= 0.6 is 11.6 Å². The van der Waals surface area contributed by atoms with Crippen molar-refractivity contribution in [2.75, 3.05) is 6.61 Å². The van der Waals surface area contributed by atoms with Crippen LogP contribution < -0.4 is 0 Å². The van der Waals surface area contributed by atoms with Crippen molar-refractivity contribution in [3.63, 3.8) is 0 Å². The van der Waals surface area contributed by atoms with E-state index < -0.39 is 0 Å². The number of aliphatic hydroxyl groups excluding tert-OH is 1. The van der Waals surface area contributed by atoms with E-state index in [1.54, 1.807) is 13.0 Å². The van der Waals surface area contributed by atoms with Crippen LogP contribution in [0.3, 0.4) is 0 Å². The van der Waals surface area contributed by atoms with Crippen molar-refractivity contribution in [1.29, 1.82) is 0 Å². The summed E-state index contributed by atoms with van der Waals surface area (Å²) in [6, 6.07) is 3.13. The molecule has 0 amide bonds. The average Bonchev–Trinajstić information content (AvgIpc) is 2.14. The number of rotatable bonds is 4. The maximum atomic E-state index is 13.2. The van der Waals surface area contributed by atoms with Crippen molar-refractivity contribution in [3.8, 4) is 0 Å². The lowest BCUT2D eigenvalue weighted by atomic mass is 10.1. The number of halogens is 2. The van der Waals surface area contributed by atoms with E-state index in [-0.39, 0.29) is 12.4 Å². The van der Waals surface area contributed by atoms with Crippen molar-refractivity contribution in [3.05, 3.63) is 34.1 Å². The smallest absolute Gasteiger partial charge is 0.126 e. The molecule has 1 rings (SSSR count). The normalized spacial score (nSPS) is 10.6. The molecule has 78 valence electrons. The summed E-state index contributed by atoms with van der Waals surface area (Å²) >= 11 is 5.95. The van der Waals surface area contributed by atoms with Gasteiger partial charge in [-0.3, -0.25) is 0 Å². The predicted octanol–water partition coefficient (Wildman–Crippen LogP) is 3.10. The molecule has 0 unspecified atom stereocenters. The first-order valence-corrected chi connectivity index (χ1v) is 5.08. The Labute approximate surface area is 88.5 Å². The highest BCUT2D eigenvalue weighted by Crippen LogP contribution is 2.21. The minimum atomic E-state index is -0.214. The van der Waals surface area contributed by atoms with Crippen molar-refractivity contribution in [2.45, 2.75) is 26.2 Å². The zero-order valence-electron chi connectivity index (χ0n) is 8.19. The van der Waals surface area contributed by atoms with E-state index in [9.17, 15) is 4.39 Å². The number of benzene rings is 1. The zero-order valence-corrected chi connectivity index (χ0v) is 8.94. The second-order valence-electron chi connectivity index (χ2n) is 3.37. The fourth-order valence-corrected chi connectivity index (χ4v) is 1.62. The van der Waals surface area contributed by atoms with E-state index in [1.165, 1.54) is 6.07 Å². The molecule has 1 nitrogen and oxygen atoms in total. The van der Waals surface area contributed by atoms with Gasteiger partial charge in [0.1, 0.15) is 5.82 Å². The van der Waals surface area contributed by atoms with Gasteiger partial charge in [0.2, 0.25) is 0 Å². The van der Waals surface area contributed by atoms with Crippen LogP contribution in [0, 0.1) is 12.7 Å². The van der Waals surface area contributed by atoms with E-state index in [0.29, 0.717) is 10.6 Å². The molecule has 1 aromatic carbocycles. The zero-order chi connectivity index (χ0) is 10.6. The van der Waals surface area contributed by atoms with Crippen LogP contribution in [0.4, 0.5) is 4.39 Å². The van der Waals surface area contributed by atoms with Gasteiger partial charge >= 0.3 is 0 Å². The highest BCUT2D eigenvalue weighted by molar-refractivity contribution is 6.31. The van der Waals surface area contributed by atoms with E-state index in [2.05, 4.69) is 0 Å². The molecule has 14 heavy (non-hydrogen) atoms. The van der Waals surface area contributed by atoms with Gasteiger partial charge in [0.15, 0.2) is 0 Å². The monoisotopic (exact) mass is 216 g/mol. The highest BCUT2D eigenvalue weighted by Gasteiger charge is 2.05. The quantitative estimate of drug-likeness (QED) is 0.767. The number of aryl methyl sites for hydroxylation is 2. The Kier molecular flexibility index (Phi) is 4.36. The molecule has 0 atom stereocenters. The molecule has 0 aliphatic heterocycles. The van der Waals surface area contributed by atoms with E-state index in [1.807, 2.05) is 0 Å². The molecule has 0 saturated heterocycles. The first kappa shape index (κ1) is 11.5. The van der Waals surface area contributed by atoms with Gasteiger partial charge in [0.25, 0.3) is 0 Å². The van der Waals surface area contributed by atoms with Crippen LogP contribution in [0.15, 0.2) is 12.1 Å². The summed E-state index contributed by atoms with van der Waals surface area (Å²) in [5, 5.41) is 9.22. The Hall–Kier alpha value is -0.600. The molecular formula is C11H14ClFO. The lowest BCUT2D eigenvalue weighted by Crippen LogP contribution is -1.93. The van der Waals surface area contributed by atoms with Crippen LogP contribution in [0.2, 0.25) is 5.02 Å². The molecule has 3 heteroatoms. The summed E-state index contributed by atoms with van der Waals surface area (Å²) in [5.41, 5.74) is 1.39. The molecule has 0 fully saturated rings. The third-order valence-corrected chi connectivity index (χ3v) is 2.53. The Morgan fingerprint density at radius 2 is 2.07 bits per heavy atom. The van der Waals surface area contributed by atoms with E-state index >= 15 is 0 Å². The predicted molar refractivity (Wildman–Crippen MR) is 56.2 cm³/mol. The minimum absolute atomic E-state index is 0.173. The van der Waals surface area contributed by atoms with Crippen LogP contribution in [-0.4, -0.2) is 11.7 Å². The fourth-order valence-electron chi connectivity index (χ4n) is 1.31. The highest BCUT2D eigenvalue weighted by atomic mass is 35.5. The largest absolute Gasteiger partial charge is 0.396 e. The molecule has 0 saturated carbocycles. The third-order valence-electron chi connectivity index (χ3n) is 2.18. The van der Waals surface area contributed by atoms with E-state index in [4.69, 9.17) is 16.7 Å². The molecule has 0 heterocycles. The van der Waals surface area contributed by atoms with Gasteiger partial charge in [-0.15, -0.1) is 0 Å². The maximum absolute atomic E-state index is 13.2. The Morgan fingerprint density at radius 3 is 2.71 bits per heavy atom. The fraction of sp³-hybridized carbons (Fsp3) is 0.455. The SMILES string of the molecule is Cc1cc(Cl)c(CCCCO)cc1F. The molecule has 0 bridgehead atoms. The van der Waals surface area contributed by atoms with Crippen molar-refractivity contribution < 1.29 is 9.50 Å². The average molecular weight is 217 g/mol. The first-order valence-electron chi connectivity index (χ1n) is 4.70. The first-order chi connectivity index (χ1) is 6.65. The number of unbranched alkanes of at least 4 members (excludes halogenated alkanes) is 1. The summed E-state index contributed by atoms with van der Waals surface area (Å²) in [5.74, 6) is -0.214. The van der Waals surface area contributed by atoms with Crippen molar-refractivity contribution in [2.24, 2.45) is 0 Å². The van der Waals surface area contributed by atoms with Gasteiger partial charge in [-0.25, -0.2) is 4.39 Å². The van der Waals surface area contributed by atoms with Gasteiger partial charge in [-0.1, -0.05) is 11.6 Å². The van der Waals surface area contributed by atoms with Crippen molar-refractivity contribution in [1.82, 2.24) is 0 Å². The molecular weight excluding hydrogens is 203 g/mol. The summed E-state index contributed by atoms with van der Waals surface area (Å²) < 4.78 is 13.2. The van der Waals surface area contributed by atoms with Crippen LogP contribution in [0.25, 0.3) is 0 Å². The molecule has 0 aliphatic rings. The summed E-state index contributed by atoms with van der Waals surface area (Å²) in [7, 11) is 0. The van der Waals surface area contributed by atoms with Gasteiger partial charge < -0.3 is 5.11 Å². The summed E-state index contributed by atoms with van der Waals surface area (Å²) in [6.45, 7) is 1.87. The maximum Gasteiger partial charge on any atom is 0.126 e. The molecule has 0 spiro atoms. The second-order valence-corrected chi connectivity index (χ2v) is 3.78. The molecule has 0 aromatic heterocycles. The number of hydrogen-bond acceptors (Lipinski definition) is 1. The Balaban J connectivity index is 2.72. The Morgan fingerprint density at radius 1 is 1.36 bits per heavy atom. The molecule has 1 N–H and O–H groups in total. The summed E-state index contributed by atoms with van der Waals surface area (Å²) in [6.07, 6.45) is 2.28.